The minimum absolute atomic E-state index is 0.973. The van der Waals surface area contributed by atoms with Gasteiger partial charge >= 0.3 is 0 Å². The molecule has 7 aromatic carbocycles. The van der Waals surface area contributed by atoms with E-state index in [1.165, 1.54) is 80.3 Å². The Morgan fingerprint density at radius 1 is 0.421 bits per heavy atom. The normalized spacial score (nSPS) is 14.3. The molecule has 57 heavy (non-hydrogen) atoms. The maximum absolute atomic E-state index is 2.73. The highest BCUT2D eigenvalue weighted by atomic mass is 32.1. The van der Waals surface area contributed by atoms with Gasteiger partial charge in [-0.15, -0.1) is 11.3 Å². The topological polar surface area (TPSA) is 3.24 Å². The second kappa shape index (κ2) is 15.3. The van der Waals surface area contributed by atoms with Crippen LogP contribution in [0, 0.1) is 0 Å². The lowest BCUT2D eigenvalue weighted by atomic mass is 9.90. The molecule has 0 aliphatic heterocycles. The van der Waals surface area contributed by atoms with Gasteiger partial charge in [0.1, 0.15) is 0 Å². The first-order valence-electron chi connectivity index (χ1n) is 20.1. The second-order valence-corrected chi connectivity index (χ2v) is 20.0. The summed E-state index contributed by atoms with van der Waals surface area (Å²) in [6.07, 6.45) is 15.8. The van der Waals surface area contributed by atoms with E-state index in [1.807, 2.05) is 11.3 Å². The van der Waals surface area contributed by atoms with E-state index in [0.29, 0.717) is 0 Å². The predicted octanol–water partition coefficient (Wildman–Crippen LogP) is 12.1. The van der Waals surface area contributed by atoms with Crippen LogP contribution in [0.15, 0.2) is 229 Å². The quantitative estimate of drug-likeness (QED) is 0.104. The molecule has 0 bridgehead atoms. The smallest absolute Gasteiger partial charge is 0.179 e. The Morgan fingerprint density at radius 2 is 1.00 bits per heavy atom. The monoisotopic (exact) mass is 765 g/mol. The highest BCUT2D eigenvalue weighted by molar-refractivity contribution is 7.26. The Labute approximate surface area is 340 Å². The van der Waals surface area contributed by atoms with Gasteiger partial charge in [0.2, 0.25) is 0 Å². The van der Waals surface area contributed by atoms with Crippen molar-refractivity contribution in [2.24, 2.45) is 0 Å². The SMILES string of the molecule is C1=CCCC(C2=CC=C(N(c3cccc([Si](c4ccccc4)(c4ccccc4)c4ccccc4)c3)c3ccc4c(c3)sc3cc(-c5ccccc5)ccc34)CC2)=C1. The molecule has 0 N–H and O–H groups in total. The molecule has 2 aliphatic carbocycles. The van der Waals surface area contributed by atoms with E-state index in [1.54, 1.807) is 0 Å². The van der Waals surface area contributed by atoms with Crippen LogP contribution in [-0.4, -0.2) is 8.07 Å². The number of fused-ring (bicyclic) bond motifs is 3. The molecule has 2 aliphatic rings. The van der Waals surface area contributed by atoms with Gasteiger partial charge in [-0.3, -0.25) is 0 Å². The molecule has 0 atom stereocenters. The average molecular weight is 766 g/mol. The highest BCUT2D eigenvalue weighted by Crippen LogP contribution is 2.42. The maximum atomic E-state index is 2.55. The van der Waals surface area contributed by atoms with Crippen LogP contribution in [0.25, 0.3) is 31.3 Å². The zero-order valence-electron chi connectivity index (χ0n) is 31.9. The van der Waals surface area contributed by atoms with Gasteiger partial charge in [-0.2, -0.15) is 0 Å². The van der Waals surface area contributed by atoms with Gasteiger partial charge in [0.15, 0.2) is 8.07 Å². The lowest BCUT2D eigenvalue weighted by Crippen LogP contribution is -2.74. The molecule has 3 heteroatoms. The molecule has 0 unspecified atom stereocenters. The molecule has 10 rings (SSSR count). The molecule has 0 saturated carbocycles. The first-order valence-corrected chi connectivity index (χ1v) is 22.9. The van der Waals surface area contributed by atoms with Crippen LogP contribution in [0.1, 0.15) is 25.7 Å². The molecule has 1 aromatic heterocycles. The zero-order chi connectivity index (χ0) is 38.0. The van der Waals surface area contributed by atoms with Crippen molar-refractivity contribution in [1.29, 1.82) is 0 Å². The number of allylic oxidation sites excluding steroid dienone is 8. The van der Waals surface area contributed by atoms with Crippen LogP contribution in [-0.2, 0) is 0 Å². The van der Waals surface area contributed by atoms with Gasteiger partial charge in [-0.25, -0.2) is 0 Å². The fraction of sp³-hybridized carbons (Fsp3) is 0.0741. The van der Waals surface area contributed by atoms with Crippen LogP contribution in [0.4, 0.5) is 11.4 Å². The highest BCUT2D eigenvalue weighted by Gasteiger charge is 2.41. The molecule has 1 nitrogen and oxygen atoms in total. The summed E-state index contributed by atoms with van der Waals surface area (Å²) in [5.41, 5.74) is 9.17. The molecular formula is C54H43NSSi. The lowest BCUT2D eigenvalue weighted by Gasteiger charge is -2.36. The van der Waals surface area contributed by atoms with Crippen molar-refractivity contribution in [1.82, 2.24) is 0 Å². The van der Waals surface area contributed by atoms with E-state index >= 15 is 0 Å². The standard InChI is InChI=1S/C54H43NSSi/c1-6-17-40(18-7-1)42-29-32-44(33-30-42)55(46-34-36-52-51-35-31-43(41-19-8-2-9-20-41)37-53(51)56-54(52)39-46)45-21-16-28-50(38-45)57(47-22-10-3-11-23-47,48-24-12-4-13-25-48)49-26-14-5-15-27-49/h1-6,8-17,19-29,31-32,34-39H,7,18,30,33H2. The summed E-state index contributed by atoms with van der Waals surface area (Å²) in [4.78, 5) is 2.55. The molecule has 0 saturated heterocycles. The summed E-state index contributed by atoms with van der Waals surface area (Å²) in [5.74, 6) is 0. The van der Waals surface area contributed by atoms with Crippen molar-refractivity contribution in [3.63, 3.8) is 0 Å². The fourth-order valence-electron chi connectivity index (χ4n) is 9.09. The van der Waals surface area contributed by atoms with Crippen molar-refractivity contribution >= 4 is 71.7 Å². The number of thiophene rings is 1. The summed E-state index contributed by atoms with van der Waals surface area (Å²) in [6, 6.07) is 68.0. The number of nitrogens with zero attached hydrogens (tertiary/aromatic N) is 1. The summed E-state index contributed by atoms with van der Waals surface area (Å²) in [6.45, 7) is 0. The van der Waals surface area contributed by atoms with Gasteiger partial charge in [-0.1, -0.05) is 176 Å². The minimum atomic E-state index is -2.73. The fourth-order valence-corrected chi connectivity index (χ4v) is 15.1. The molecule has 1 heterocycles. The van der Waals surface area contributed by atoms with E-state index in [-0.39, 0.29) is 0 Å². The first-order chi connectivity index (χ1) is 28.3. The van der Waals surface area contributed by atoms with Crippen molar-refractivity contribution in [2.75, 3.05) is 4.90 Å². The van der Waals surface area contributed by atoms with Crippen molar-refractivity contribution in [3.05, 3.63) is 229 Å². The molecular weight excluding hydrogens is 723 g/mol. The third-order valence-electron chi connectivity index (χ3n) is 11.8. The van der Waals surface area contributed by atoms with E-state index in [0.717, 1.165) is 25.7 Å². The van der Waals surface area contributed by atoms with E-state index < -0.39 is 8.07 Å². The van der Waals surface area contributed by atoms with E-state index in [4.69, 9.17) is 0 Å². The Kier molecular flexibility index (Phi) is 9.47. The predicted molar refractivity (Wildman–Crippen MR) is 249 cm³/mol. The van der Waals surface area contributed by atoms with Gasteiger partial charge in [0.25, 0.3) is 0 Å². The van der Waals surface area contributed by atoms with Crippen LogP contribution in [0.5, 0.6) is 0 Å². The summed E-state index contributed by atoms with van der Waals surface area (Å²) in [7, 11) is -2.73. The molecule has 0 radical (unpaired) electrons. The maximum Gasteiger partial charge on any atom is 0.179 e. The molecule has 0 amide bonds. The number of hydrogen-bond acceptors (Lipinski definition) is 2. The Balaban J connectivity index is 1.16. The zero-order valence-corrected chi connectivity index (χ0v) is 33.7. The van der Waals surface area contributed by atoms with Gasteiger partial charge in [0, 0.05) is 37.2 Å². The lowest BCUT2D eigenvalue weighted by molar-refractivity contribution is 0.851. The first kappa shape index (κ1) is 35.2. The number of rotatable bonds is 9. The van der Waals surface area contributed by atoms with Crippen LogP contribution in [0.2, 0.25) is 0 Å². The largest absolute Gasteiger partial charge is 0.314 e. The van der Waals surface area contributed by atoms with E-state index in [9.17, 15) is 0 Å². The molecule has 274 valence electrons. The van der Waals surface area contributed by atoms with Crippen molar-refractivity contribution in [3.8, 4) is 11.1 Å². The third kappa shape index (κ3) is 6.53. The average Bonchev–Trinajstić information content (AvgIpc) is 3.66. The second-order valence-electron chi connectivity index (χ2n) is 15.1. The summed E-state index contributed by atoms with van der Waals surface area (Å²) in [5, 5.41) is 8.15. The Bertz CT molecular complexity index is 2730. The van der Waals surface area contributed by atoms with Crippen LogP contribution in [0.3, 0.4) is 0 Å². The minimum Gasteiger partial charge on any atom is -0.314 e. The molecule has 8 aromatic rings. The van der Waals surface area contributed by atoms with Gasteiger partial charge in [-0.05, 0) is 105 Å². The van der Waals surface area contributed by atoms with Crippen LogP contribution < -0.4 is 25.6 Å². The Morgan fingerprint density at radius 3 is 1.61 bits per heavy atom. The summed E-state index contributed by atoms with van der Waals surface area (Å²) >= 11 is 1.90. The molecule has 0 fully saturated rings. The summed E-state index contributed by atoms with van der Waals surface area (Å²) < 4.78 is 2.63. The van der Waals surface area contributed by atoms with Gasteiger partial charge in [0.05, 0.1) is 0 Å². The van der Waals surface area contributed by atoms with Crippen molar-refractivity contribution in [2.45, 2.75) is 25.7 Å². The van der Waals surface area contributed by atoms with Crippen LogP contribution >= 0.6 is 11.3 Å². The van der Waals surface area contributed by atoms with Gasteiger partial charge < -0.3 is 4.90 Å². The van der Waals surface area contributed by atoms with Crippen molar-refractivity contribution < 1.29 is 0 Å². The molecule has 0 spiro atoms. The van der Waals surface area contributed by atoms with E-state index in [2.05, 4.69) is 217 Å². The Hall–Kier alpha value is -6.26. The number of anilines is 2. The third-order valence-corrected chi connectivity index (χ3v) is 17.7. The number of hydrogen-bond donors (Lipinski definition) is 0. The number of benzene rings is 7.